The molecule has 7 heteroatoms. The molecule has 1 saturated heterocycles. The van der Waals surface area contributed by atoms with E-state index in [0.29, 0.717) is 23.1 Å². The molecule has 3 amide bonds. The number of amides is 3. The van der Waals surface area contributed by atoms with E-state index in [2.05, 4.69) is 24.5 Å². The molecule has 2 N–H and O–H groups in total. The van der Waals surface area contributed by atoms with E-state index < -0.39 is 6.04 Å². The van der Waals surface area contributed by atoms with Gasteiger partial charge < -0.3 is 15.5 Å². The molecular weight excluding hydrogens is 329 g/mol. The lowest BCUT2D eigenvalue weighted by atomic mass is 9.90. The van der Waals surface area contributed by atoms with Crippen LogP contribution in [0.15, 0.2) is 18.2 Å². The third kappa shape index (κ3) is 5.10. The Morgan fingerprint density at radius 3 is 2.38 bits per heavy atom. The third-order valence-electron chi connectivity index (χ3n) is 4.63. The lowest BCUT2D eigenvalue weighted by molar-refractivity contribution is -0.124. The number of carbonyl (C=O) groups excluding carboxylic acids is 3. The number of nitrogens with one attached hydrogen (secondary N) is 2. The number of likely N-dealkylation sites (tertiary alicyclic amines) is 1. The maximum atomic E-state index is 13.1. The summed E-state index contributed by atoms with van der Waals surface area (Å²) < 4.78 is 0. The molecule has 0 aliphatic carbocycles. The summed E-state index contributed by atoms with van der Waals surface area (Å²) in [5.41, 5.74) is 1.93. The molecule has 0 radical (unpaired) electrons. The van der Waals surface area contributed by atoms with Crippen LogP contribution in [0.2, 0.25) is 0 Å². The quantitative estimate of drug-likeness (QED) is 0.772. The summed E-state index contributed by atoms with van der Waals surface area (Å²) in [5.74, 6) is 0.243. The van der Waals surface area contributed by atoms with Crippen LogP contribution in [-0.4, -0.2) is 49.6 Å². The van der Waals surface area contributed by atoms with Gasteiger partial charge in [0.25, 0.3) is 5.91 Å². The Hall–Kier alpha value is -2.31. The predicted octanol–water partition coefficient (Wildman–Crippen LogP) is 0.526. The summed E-state index contributed by atoms with van der Waals surface area (Å²) in [6.07, 6.45) is 1.12. The normalized spacial score (nSPS) is 21.0. The van der Waals surface area contributed by atoms with E-state index in [-0.39, 0.29) is 17.7 Å². The highest BCUT2D eigenvalue weighted by Gasteiger charge is 2.28. The molecule has 26 heavy (non-hydrogen) atoms. The smallest absolute Gasteiger partial charge is 0.255 e. The molecule has 1 aliphatic rings. The minimum atomic E-state index is -0.674. The summed E-state index contributed by atoms with van der Waals surface area (Å²) >= 11 is 0. The number of nitrogens with zero attached hydrogens (tertiary/aromatic N) is 1. The predicted molar refractivity (Wildman–Crippen MR) is 105 cm³/mol. The summed E-state index contributed by atoms with van der Waals surface area (Å²) in [7, 11) is 1.92. The molecule has 6 nitrogen and oxygen atoms in total. The zero-order valence-corrected chi connectivity index (χ0v) is 16.3. The first-order valence-corrected chi connectivity index (χ1v) is 9.15. The Balaban J connectivity index is 2.23. The minimum Gasteiger partial charge on any atom is -0.345 e. The van der Waals surface area contributed by atoms with E-state index in [0.717, 1.165) is 25.0 Å². The van der Waals surface area contributed by atoms with Crippen molar-refractivity contribution >= 4 is 36.7 Å². The average Bonchev–Trinajstić information content (AvgIpc) is 2.54. The van der Waals surface area contributed by atoms with Gasteiger partial charge in [0, 0.05) is 20.0 Å². The minimum absolute atomic E-state index is 0.0606. The van der Waals surface area contributed by atoms with Crippen molar-refractivity contribution in [3.63, 3.8) is 0 Å². The first-order chi connectivity index (χ1) is 12.2. The van der Waals surface area contributed by atoms with E-state index in [1.165, 1.54) is 6.92 Å². The van der Waals surface area contributed by atoms with E-state index in [1.54, 1.807) is 13.0 Å². The highest BCUT2D eigenvalue weighted by atomic mass is 16.2. The molecule has 1 heterocycles. The molecule has 0 aromatic heterocycles. The topological polar surface area (TPSA) is 78.5 Å². The highest BCUT2D eigenvalue weighted by Crippen LogP contribution is 2.24. The molecule has 1 unspecified atom stereocenters. The van der Waals surface area contributed by atoms with Crippen LogP contribution in [0.4, 0.5) is 5.69 Å². The molecule has 0 bridgehead atoms. The molecule has 1 fully saturated rings. The van der Waals surface area contributed by atoms with Crippen LogP contribution in [0.1, 0.15) is 44.5 Å². The fourth-order valence-corrected chi connectivity index (χ4v) is 3.55. The molecule has 2 rings (SSSR count). The molecule has 3 atom stereocenters. The van der Waals surface area contributed by atoms with E-state index in [4.69, 9.17) is 0 Å². The second-order valence-electron chi connectivity index (χ2n) is 7.62. The van der Waals surface area contributed by atoms with Gasteiger partial charge in [-0.2, -0.15) is 0 Å². The third-order valence-corrected chi connectivity index (χ3v) is 4.63. The van der Waals surface area contributed by atoms with E-state index in [9.17, 15) is 14.4 Å². The van der Waals surface area contributed by atoms with Crippen LogP contribution >= 0.6 is 0 Å². The Bertz CT molecular complexity index is 697. The molecular formula is C19H28BN3O3. The number of anilines is 1. The van der Waals surface area contributed by atoms with Crippen LogP contribution in [0.25, 0.3) is 0 Å². The number of carbonyl (C=O) groups is 3. The van der Waals surface area contributed by atoms with Gasteiger partial charge in [0.05, 0.1) is 11.3 Å². The zero-order chi connectivity index (χ0) is 19.4. The van der Waals surface area contributed by atoms with Crippen molar-refractivity contribution in [2.24, 2.45) is 11.8 Å². The Morgan fingerprint density at radius 2 is 1.81 bits per heavy atom. The van der Waals surface area contributed by atoms with Crippen molar-refractivity contribution in [3.05, 3.63) is 23.8 Å². The molecule has 0 saturated carbocycles. The van der Waals surface area contributed by atoms with Crippen molar-refractivity contribution in [1.29, 1.82) is 0 Å². The number of hydrogen-bond acceptors (Lipinski definition) is 3. The van der Waals surface area contributed by atoms with Crippen LogP contribution in [0.5, 0.6) is 0 Å². The second-order valence-corrected chi connectivity index (χ2v) is 7.62. The van der Waals surface area contributed by atoms with Crippen molar-refractivity contribution in [2.45, 2.75) is 40.2 Å². The number of piperidine rings is 1. The number of rotatable bonds is 4. The van der Waals surface area contributed by atoms with E-state index in [1.807, 2.05) is 24.9 Å². The van der Waals surface area contributed by atoms with Gasteiger partial charge in [0.2, 0.25) is 11.8 Å². The maximum Gasteiger partial charge on any atom is 0.255 e. The molecule has 1 aromatic carbocycles. The van der Waals surface area contributed by atoms with Crippen molar-refractivity contribution in [1.82, 2.24) is 10.2 Å². The van der Waals surface area contributed by atoms with Gasteiger partial charge in [0.15, 0.2) is 0 Å². The van der Waals surface area contributed by atoms with Crippen molar-refractivity contribution in [3.8, 4) is 0 Å². The molecule has 1 aliphatic heterocycles. The van der Waals surface area contributed by atoms with Crippen molar-refractivity contribution < 1.29 is 14.4 Å². The van der Waals surface area contributed by atoms with Crippen molar-refractivity contribution in [2.75, 3.05) is 18.4 Å². The van der Waals surface area contributed by atoms with Gasteiger partial charge >= 0.3 is 0 Å². The first-order valence-electron chi connectivity index (χ1n) is 9.15. The second kappa shape index (κ2) is 8.38. The zero-order valence-electron chi connectivity index (χ0n) is 16.3. The fourth-order valence-electron chi connectivity index (χ4n) is 3.55. The average molecular weight is 357 g/mol. The first kappa shape index (κ1) is 20.0. The standard InChI is InChI=1S/C19H28BN3O3/c1-11-7-12(2)10-23(9-11)19(26)16-8-15(20)5-6-17(16)22-18(25)13(3)21-14(4)24/h5-6,8,11-13H,7,9-10,20H2,1-4H3,(H,21,24)(H,22,25)/t11-,12+,13?. The van der Waals surface area contributed by atoms with Gasteiger partial charge in [-0.25, -0.2) is 0 Å². The lowest BCUT2D eigenvalue weighted by Gasteiger charge is -2.35. The largest absolute Gasteiger partial charge is 0.345 e. The van der Waals surface area contributed by atoms with Crippen LogP contribution in [0, 0.1) is 11.8 Å². The monoisotopic (exact) mass is 357 g/mol. The summed E-state index contributed by atoms with van der Waals surface area (Å²) in [5, 5.41) is 5.34. The van der Waals surface area contributed by atoms with Crippen LogP contribution in [-0.2, 0) is 9.59 Å². The number of hydrogen-bond donors (Lipinski definition) is 2. The van der Waals surface area contributed by atoms with Gasteiger partial charge in [-0.1, -0.05) is 31.4 Å². The highest BCUT2D eigenvalue weighted by molar-refractivity contribution is 6.33. The summed E-state index contributed by atoms with van der Waals surface area (Å²) in [6.45, 7) is 8.75. The van der Waals surface area contributed by atoms with Crippen LogP contribution < -0.4 is 16.1 Å². The SMILES string of the molecule is Bc1ccc(NC(=O)C(C)NC(C)=O)c(C(=O)N2C[C@H](C)C[C@H](C)C2)c1. The molecule has 1 aromatic rings. The van der Waals surface area contributed by atoms with Gasteiger partial charge in [0.1, 0.15) is 13.9 Å². The molecule has 0 spiro atoms. The van der Waals surface area contributed by atoms with Gasteiger partial charge in [-0.3, -0.25) is 14.4 Å². The summed E-state index contributed by atoms with van der Waals surface area (Å²) in [4.78, 5) is 38.5. The fraction of sp³-hybridized carbons (Fsp3) is 0.526. The lowest BCUT2D eigenvalue weighted by Crippen LogP contribution is -2.43. The summed E-state index contributed by atoms with van der Waals surface area (Å²) in [6, 6.07) is 4.74. The maximum absolute atomic E-state index is 13.1. The van der Waals surface area contributed by atoms with E-state index >= 15 is 0 Å². The Morgan fingerprint density at radius 1 is 1.19 bits per heavy atom. The van der Waals surface area contributed by atoms with Gasteiger partial charge in [-0.05, 0) is 31.2 Å². The number of benzene rings is 1. The van der Waals surface area contributed by atoms with Gasteiger partial charge in [-0.15, -0.1) is 0 Å². The van der Waals surface area contributed by atoms with Crippen LogP contribution in [0.3, 0.4) is 0 Å². The Kier molecular flexibility index (Phi) is 6.45. The molecule has 140 valence electrons. The Labute approximate surface area is 156 Å².